The van der Waals surface area contributed by atoms with Crippen molar-refractivity contribution in [2.24, 2.45) is 17.8 Å². The maximum Gasteiger partial charge on any atom is 0.258 e. The van der Waals surface area contributed by atoms with Gasteiger partial charge >= 0.3 is 0 Å². The molecule has 8 rings (SSSR count). The molecule has 12 heteroatoms. The SMILES string of the molecule is O=C(c1ccccc1)c1ccc(N2C(=O)[C@H]3[C@H](CC=C4[C@H]3C[C@@]3(Cl)C(=O)N(c5ccc(F)cc5)C(=O)[C@@]3(Cl)[C@H]4c3cccc(F)c3O)C2=O)cc1. The van der Waals surface area contributed by atoms with Crippen molar-refractivity contribution in [1.29, 1.82) is 0 Å². The van der Waals surface area contributed by atoms with Crippen molar-refractivity contribution in [3.8, 4) is 5.75 Å². The molecule has 0 radical (unpaired) electrons. The molecular weight excluding hydrogens is 701 g/mol. The highest BCUT2D eigenvalue weighted by atomic mass is 35.5. The number of allylic oxidation sites excluding steroid dienone is 2. The maximum atomic E-state index is 14.9. The van der Waals surface area contributed by atoms with Crippen LogP contribution < -0.4 is 9.80 Å². The van der Waals surface area contributed by atoms with Gasteiger partial charge in [-0.25, -0.2) is 13.7 Å². The van der Waals surface area contributed by atoms with Crippen LogP contribution >= 0.6 is 23.2 Å². The van der Waals surface area contributed by atoms with Gasteiger partial charge in [-0.3, -0.25) is 28.9 Å². The standard InChI is InChI=1S/C39H26Cl2F2N2O6/c40-38-19-28-25(17-18-26-30(28)35(49)44(34(26)48)23-13-9-21(10-14-23)32(46)20-5-2-1-3-6-20)31(27-7-4-8-29(43)33(27)47)39(38,41)37(51)45(36(38)50)24-15-11-22(42)12-16-24/h1-17,26,28,30-31,47H,18-19H2/t26-,28+,30-,31+,38+,39-/m0/s1. The Hall–Kier alpha value is -5.19. The number of amides is 4. The van der Waals surface area contributed by atoms with Gasteiger partial charge in [0.1, 0.15) is 5.82 Å². The number of fused-ring (bicyclic) bond motifs is 4. The highest BCUT2D eigenvalue weighted by Gasteiger charge is 2.77. The quantitative estimate of drug-likeness (QED) is 0.106. The van der Waals surface area contributed by atoms with Gasteiger partial charge in [-0.2, -0.15) is 0 Å². The molecule has 2 saturated heterocycles. The van der Waals surface area contributed by atoms with Gasteiger partial charge in [0.25, 0.3) is 11.8 Å². The number of aromatic hydroxyl groups is 1. The summed E-state index contributed by atoms with van der Waals surface area (Å²) >= 11 is 14.6. The Balaban J connectivity index is 1.21. The summed E-state index contributed by atoms with van der Waals surface area (Å²) in [5.74, 6) is -9.94. The van der Waals surface area contributed by atoms with Crippen molar-refractivity contribution in [1.82, 2.24) is 0 Å². The fraction of sp³-hybridized carbons (Fsp3) is 0.205. The number of carbonyl (C=O) groups is 5. The van der Waals surface area contributed by atoms with E-state index in [4.69, 9.17) is 23.2 Å². The van der Waals surface area contributed by atoms with Gasteiger partial charge in [-0.05, 0) is 73.4 Å². The minimum atomic E-state index is -2.33. The van der Waals surface area contributed by atoms with Gasteiger partial charge < -0.3 is 5.11 Å². The third-order valence-electron chi connectivity index (χ3n) is 10.6. The van der Waals surface area contributed by atoms with Gasteiger partial charge in [0.05, 0.1) is 23.2 Å². The zero-order chi connectivity index (χ0) is 36.0. The number of ketones is 1. The van der Waals surface area contributed by atoms with Crippen LogP contribution in [0.3, 0.4) is 0 Å². The number of hydrogen-bond donors (Lipinski definition) is 1. The first-order valence-electron chi connectivity index (χ1n) is 16.2. The molecule has 0 unspecified atom stereocenters. The highest BCUT2D eigenvalue weighted by molar-refractivity contribution is 6.58. The van der Waals surface area contributed by atoms with E-state index >= 15 is 0 Å². The second kappa shape index (κ2) is 11.7. The molecule has 4 amide bonds. The summed E-state index contributed by atoms with van der Waals surface area (Å²) in [6.45, 7) is 0. The van der Waals surface area contributed by atoms with E-state index in [1.54, 1.807) is 36.4 Å². The first-order chi connectivity index (χ1) is 24.4. The van der Waals surface area contributed by atoms with Crippen LogP contribution in [0.1, 0.15) is 40.2 Å². The molecule has 256 valence electrons. The van der Waals surface area contributed by atoms with Crippen LogP contribution in [0, 0.1) is 29.4 Å². The number of imide groups is 2. The third kappa shape index (κ3) is 4.59. The van der Waals surface area contributed by atoms with E-state index in [2.05, 4.69) is 0 Å². The van der Waals surface area contributed by atoms with Gasteiger partial charge in [0.2, 0.25) is 11.8 Å². The second-order valence-corrected chi connectivity index (χ2v) is 14.4. The van der Waals surface area contributed by atoms with Crippen molar-refractivity contribution >= 4 is 64.0 Å². The highest BCUT2D eigenvalue weighted by Crippen LogP contribution is 2.66. The first kappa shape index (κ1) is 33.0. The fourth-order valence-electron chi connectivity index (χ4n) is 8.28. The molecule has 8 nitrogen and oxygen atoms in total. The summed E-state index contributed by atoms with van der Waals surface area (Å²) in [5.41, 5.74) is 1.29. The van der Waals surface area contributed by atoms with Crippen molar-refractivity contribution in [2.75, 3.05) is 9.80 Å². The minimum Gasteiger partial charge on any atom is -0.505 e. The average molecular weight is 728 g/mol. The summed E-state index contributed by atoms with van der Waals surface area (Å²) in [7, 11) is 0. The lowest BCUT2D eigenvalue weighted by Crippen LogP contribution is -2.60. The van der Waals surface area contributed by atoms with E-state index in [-0.39, 0.29) is 35.6 Å². The van der Waals surface area contributed by atoms with Crippen LogP contribution in [0.5, 0.6) is 5.75 Å². The average Bonchev–Trinajstić information content (AvgIpc) is 3.47. The van der Waals surface area contributed by atoms with Gasteiger partial charge in [0.15, 0.2) is 27.1 Å². The van der Waals surface area contributed by atoms with E-state index in [0.29, 0.717) is 16.7 Å². The number of phenolic OH excluding ortho intramolecular Hbond substituents is 1. The van der Waals surface area contributed by atoms with Gasteiger partial charge in [-0.15, -0.1) is 23.2 Å². The normalized spacial score (nSPS) is 28.4. The van der Waals surface area contributed by atoms with Crippen molar-refractivity contribution in [2.45, 2.75) is 28.5 Å². The summed E-state index contributed by atoms with van der Waals surface area (Å²) < 4.78 is 28.8. The topological polar surface area (TPSA) is 112 Å². The van der Waals surface area contributed by atoms with E-state index in [1.807, 2.05) is 0 Å². The van der Waals surface area contributed by atoms with E-state index in [1.165, 1.54) is 48.5 Å². The fourth-order valence-corrected chi connectivity index (χ4v) is 9.21. The molecule has 2 heterocycles. The van der Waals surface area contributed by atoms with Crippen molar-refractivity contribution in [3.05, 3.63) is 137 Å². The number of nitrogens with zero attached hydrogens (tertiary/aromatic N) is 2. The van der Waals surface area contributed by atoms with Crippen LogP contribution in [0.2, 0.25) is 0 Å². The van der Waals surface area contributed by atoms with Crippen molar-refractivity contribution < 1.29 is 37.9 Å². The molecule has 0 bridgehead atoms. The Labute approximate surface area is 299 Å². The lowest BCUT2D eigenvalue weighted by molar-refractivity contribution is -0.125. The number of hydrogen-bond acceptors (Lipinski definition) is 6. The number of carbonyl (C=O) groups excluding carboxylic acids is 5. The number of anilines is 2. The molecule has 2 aliphatic carbocycles. The molecule has 1 saturated carbocycles. The molecule has 4 aromatic carbocycles. The molecule has 51 heavy (non-hydrogen) atoms. The van der Waals surface area contributed by atoms with E-state index in [0.717, 1.165) is 28.0 Å². The Kier molecular flexibility index (Phi) is 7.55. The molecule has 4 aromatic rings. The maximum absolute atomic E-state index is 14.9. The molecule has 0 spiro atoms. The molecule has 0 aromatic heterocycles. The molecule has 3 fully saturated rings. The molecule has 2 aliphatic heterocycles. The third-order valence-corrected chi connectivity index (χ3v) is 12.1. The lowest BCUT2D eigenvalue weighted by Gasteiger charge is -2.50. The summed E-state index contributed by atoms with van der Waals surface area (Å²) in [6, 6.07) is 23.0. The zero-order valence-electron chi connectivity index (χ0n) is 26.4. The summed E-state index contributed by atoms with van der Waals surface area (Å²) in [4.78, 5) is 67.3. The number of benzene rings is 4. The number of para-hydroxylation sites is 1. The Morgan fingerprint density at radius 3 is 2.04 bits per heavy atom. The van der Waals surface area contributed by atoms with Crippen LogP contribution in [-0.4, -0.2) is 44.3 Å². The molecule has 1 N–H and O–H groups in total. The van der Waals surface area contributed by atoms with Crippen LogP contribution in [0.15, 0.2) is 109 Å². The van der Waals surface area contributed by atoms with Crippen LogP contribution in [0.4, 0.5) is 20.2 Å². The minimum absolute atomic E-state index is 0.00891. The van der Waals surface area contributed by atoms with Gasteiger partial charge in [0, 0.05) is 22.6 Å². The molecule has 4 aliphatic rings. The lowest BCUT2D eigenvalue weighted by atomic mass is 9.56. The Morgan fingerprint density at radius 1 is 0.725 bits per heavy atom. The largest absolute Gasteiger partial charge is 0.505 e. The Morgan fingerprint density at radius 2 is 1.35 bits per heavy atom. The number of rotatable bonds is 5. The van der Waals surface area contributed by atoms with Crippen molar-refractivity contribution in [3.63, 3.8) is 0 Å². The summed E-state index contributed by atoms with van der Waals surface area (Å²) in [6.07, 6.45) is 1.36. The van der Waals surface area contributed by atoms with E-state index in [9.17, 15) is 37.9 Å². The number of halogens is 4. The first-order valence-corrected chi connectivity index (χ1v) is 16.9. The number of alkyl halides is 2. The molecule has 6 atom stereocenters. The number of phenols is 1. The summed E-state index contributed by atoms with van der Waals surface area (Å²) in [5, 5.41) is 11.0. The van der Waals surface area contributed by atoms with E-state index < -0.39 is 74.4 Å². The smallest absolute Gasteiger partial charge is 0.258 e. The monoisotopic (exact) mass is 726 g/mol. The zero-order valence-corrected chi connectivity index (χ0v) is 27.9. The molecular formula is C39H26Cl2F2N2O6. The van der Waals surface area contributed by atoms with Crippen LogP contribution in [0.25, 0.3) is 0 Å². The predicted molar refractivity (Wildman–Crippen MR) is 183 cm³/mol. The van der Waals surface area contributed by atoms with Gasteiger partial charge in [-0.1, -0.05) is 54.1 Å². The van der Waals surface area contributed by atoms with Crippen LogP contribution in [-0.2, 0) is 19.2 Å². The Bertz CT molecular complexity index is 2210. The second-order valence-electron chi connectivity index (χ2n) is 13.2. The predicted octanol–water partition coefficient (Wildman–Crippen LogP) is 6.67.